The van der Waals surface area contributed by atoms with Gasteiger partial charge < -0.3 is 15.1 Å². The molecule has 0 aromatic heterocycles. The van der Waals surface area contributed by atoms with Gasteiger partial charge in [0.2, 0.25) is 0 Å². The van der Waals surface area contributed by atoms with E-state index >= 15 is 0 Å². The topological polar surface area (TPSA) is 43.7 Å². The lowest BCUT2D eigenvalue weighted by Gasteiger charge is -2.23. The van der Waals surface area contributed by atoms with Crippen LogP contribution in [0.3, 0.4) is 0 Å². The second-order valence-corrected chi connectivity index (χ2v) is 5.16. The van der Waals surface area contributed by atoms with Crippen LogP contribution in [0.25, 0.3) is 0 Å². The molecule has 1 aliphatic heterocycles. The molecule has 1 fully saturated rings. The molecule has 0 atom stereocenters. The van der Waals surface area contributed by atoms with Crippen LogP contribution in [0.5, 0.6) is 0 Å². The van der Waals surface area contributed by atoms with Gasteiger partial charge >= 0.3 is 0 Å². The van der Waals surface area contributed by atoms with Crippen LogP contribution in [0, 0.1) is 0 Å². The van der Waals surface area contributed by atoms with Gasteiger partial charge in [0, 0.05) is 29.9 Å². The van der Waals surface area contributed by atoms with Crippen LogP contribution < -0.4 is 0 Å². The van der Waals surface area contributed by atoms with E-state index in [0.717, 1.165) is 30.8 Å². The zero-order valence-electron chi connectivity index (χ0n) is 11.7. The normalized spacial score (nSPS) is 20.2. The highest BCUT2D eigenvalue weighted by Gasteiger charge is 2.22. The fourth-order valence-electron chi connectivity index (χ4n) is 2.70. The van der Waals surface area contributed by atoms with Gasteiger partial charge in [-0.3, -0.25) is 0 Å². The Balaban J connectivity index is 2.29. The Hall–Kier alpha value is -1.64. The second kappa shape index (κ2) is 6.00. The minimum atomic E-state index is 0.199. The predicted molar refractivity (Wildman–Crippen MR) is 77.9 cm³/mol. The molecule has 0 saturated carbocycles. The maximum Gasteiger partial charge on any atom is 0.131 e. The molecule has 104 valence electrons. The monoisotopic (exact) mass is 261 g/mol. The Morgan fingerprint density at radius 1 is 1.26 bits per heavy atom. The largest absolute Gasteiger partial charge is 0.508 e. The Kier molecular flexibility index (Phi) is 4.35. The van der Waals surface area contributed by atoms with Crippen molar-refractivity contribution in [3.05, 3.63) is 47.1 Å². The minimum absolute atomic E-state index is 0.199. The summed E-state index contributed by atoms with van der Waals surface area (Å²) in [6, 6.07) is 0. The first kappa shape index (κ1) is 13.8. The quantitative estimate of drug-likeness (QED) is 0.804. The van der Waals surface area contributed by atoms with Crippen molar-refractivity contribution >= 4 is 0 Å². The highest BCUT2D eigenvalue weighted by atomic mass is 16.3. The molecule has 0 amide bonds. The van der Waals surface area contributed by atoms with Crippen LogP contribution >= 0.6 is 0 Å². The third-order valence-corrected chi connectivity index (χ3v) is 3.78. The molecule has 0 aromatic carbocycles. The van der Waals surface area contributed by atoms with Gasteiger partial charge in [-0.2, -0.15) is 0 Å². The van der Waals surface area contributed by atoms with E-state index in [1.54, 1.807) is 6.08 Å². The molecule has 0 bridgehead atoms. The van der Waals surface area contributed by atoms with E-state index in [9.17, 15) is 10.2 Å². The molecule has 2 rings (SSSR count). The molecule has 1 heterocycles. The Bertz CT molecular complexity index is 451. The Morgan fingerprint density at radius 3 is 2.58 bits per heavy atom. The van der Waals surface area contributed by atoms with Crippen LogP contribution in [0.2, 0.25) is 0 Å². The molecule has 1 saturated heterocycles. The SMILES string of the molecule is C=C(C1=CCC=C(O)C(CCC)=C1O)N1CCCC1. The summed E-state index contributed by atoms with van der Waals surface area (Å²) in [5, 5.41) is 20.4. The average Bonchev–Trinajstić information content (AvgIpc) is 2.89. The lowest BCUT2D eigenvalue weighted by Crippen LogP contribution is -2.20. The third kappa shape index (κ3) is 2.86. The molecule has 0 spiro atoms. The van der Waals surface area contributed by atoms with E-state index in [4.69, 9.17) is 0 Å². The highest BCUT2D eigenvalue weighted by Crippen LogP contribution is 2.31. The van der Waals surface area contributed by atoms with Crippen molar-refractivity contribution in [3.8, 4) is 0 Å². The van der Waals surface area contributed by atoms with Gasteiger partial charge in [0.1, 0.15) is 11.5 Å². The summed E-state index contributed by atoms with van der Waals surface area (Å²) >= 11 is 0. The molecule has 3 nitrogen and oxygen atoms in total. The summed E-state index contributed by atoms with van der Waals surface area (Å²) in [7, 11) is 0. The van der Waals surface area contributed by atoms with E-state index in [0.29, 0.717) is 18.4 Å². The van der Waals surface area contributed by atoms with Crippen molar-refractivity contribution in [2.45, 2.75) is 39.0 Å². The number of nitrogens with zero attached hydrogens (tertiary/aromatic N) is 1. The average molecular weight is 261 g/mol. The summed E-state index contributed by atoms with van der Waals surface area (Å²) in [5.74, 6) is 0.407. The maximum atomic E-state index is 10.5. The second-order valence-electron chi connectivity index (χ2n) is 5.16. The van der Waals surface area contributed by atoms with Crippen molar-refractivity contribution in [2.24, 2.45) is 0 Å². The highest BCUT2D eigenvalue weighted by molar-refractivity contribution is 5.49. The molecule has 2 N–H and O–H groups in total. The minimum Gasteiger partial charge on any atom is -0.508 e. The van der Waals surface area contributed by atoms with Gasteiger partial charge in [0.05, 0.1) is 0 Å². The standard InChI is InChI=1S/C16H23NO2/c1-3-7-14-15(18)9-6-8-13(16(14)19)12(2)17-10-4-5-11-17/h8-9,18-19H,2-7,10-11H2,1H3. The molecule has 0 unspecified atom stereocenters. The molecule has 1 aliphatic carbocycles. The fraction of sp³-hybridized carbons (Fsp3) is 0.500. The number of hydrogen-bond donors (Lipinski definition) is 2. The zero-order valence-corrected chi connectivity index (χ0v) is 11.7. The molecular formula is C16H23NO2. The van der Waals surface area contributed by atoms with Crippen LogP contribution in [-0.2, 0) is 0 Å². The summed E-state index contributed by atoms with van der Waals surface area (Å²) in [5.41, 5.74) is 2.31. The Labute approximate surface area is 115 Å². The van der Waals surface area contributed by atoms with Gasteiger partial charge in [-0.05, 0) is 31.8 Å². The van der Waals surface area contributed by atoms with Gasteiger partial charge in [0.15, 0.2) is 0 Å². The molecular weight excluding hydrogens is 238 g/mol. The number of allylic oxidation sites excluding steroid dienone is 3. The van der Waals surface area contributed by atoms with Crippen LogP contribution in [0.1, 0.15) is 39.0 Å². The number of likely N-dealkylation sites (tertiary alicyclic amines) is 1. The lowest BCUT2D eigenvalue weighted by molar-refractivity contribution is 0.372. The number of hydrogen-bond acceptors (Lipinski definition) is 3. The zero-order chi connectivity index (χ0) is 13.8. The first-order valence-electron chi connectivity index (χ1n) is 7.11. The van der Waals surface area contributed by atoms with Crippen molar-refractivity contribution in [1.29, 1.82) is 0 Å². The van der Waals surface area contributed by atoms with E-state index in [1.165, 1.54) is 12.8 Å². The first-order valence-corrected chi connectivity index (χ1v) is 7.11. The summed E-state index contributed by atoms with van der Waals surface area (Å²) in [4.78, 5) is 2.22. The van der Waals surface area contributed by atoms with Gasteiger partial charge in [-0.1, -0.05) is 26.0 Å². The lowest BCUT2D eigenvalue weighted by atomic mass is 10.0. The Morgan fingerprint density at radius 2 is 1.95 bits per heavy atom. The third-order valence-electron chi connectivity index (χ3n) is 3.78. The summed E-state index contributed by atoms with van der Waals surface area (Å²) < 4.78 is 0. The molecule has 19 heavy (non-hydrogen) atoms. The van der Waals surface area contributed by atoms with E-state index in [1.807, 2.05) is 13.0 Å². The van der Waals surface area contributed by atoms with Gasteiger partial charge in [0.25, 0.3) is 0 Å². The molecule has 3 heteroatoms. The van der Waals surface area contributed by atoms with Crippen molar-refractivity contribution in [3.63, 3.8) is 0 Å². The van der Waals surface area contributed by atoms with Crippen LogP contribution in [0.4, 0.5) is 0 Å². The fourth-order valence-corrected chi connectivity index (χ4v) is 2.70. The predicted octanol–water partition coefficient (Wildman–Crippen LogP) is 3.98. The van der Waals surface area contributed by atoms with Crippen LogP contribution in [-0.4, -0.2) is 28.2 Å². The number of aliphatic hydroxyl groups excluding tert-OH is 2. The van der Waals surface area contributed by atoms with Crippen molar-refractivity contribution in [2.75, 3.05) is 13.1 Å². The van der Waals surface area contributed by atoms with E-state index < -0.39 is 0 Å². The van der Waals surface area contributed by atoms with Crippen molar-refractivity contribution < 1.29 is 10.2 Å². The molecule has 0 aromatic rings. The summed E-state index contributed by atoms with van der Waals surface area (Å²) in [6.45, 7) is 8.18. The number of rotatable bonds is 4. The van der Waals surface area contributed by atoms with E-state index in [2.05, 4.69) is 11.5 Å². The molecule has 0 radical (unpaired) electrons. The number of aliphatic hydroxyl groups is 2. The summed E-state index contributed by atoms with van der Waals surface area (Å²) in [6.07, 6.45) is 8.27. The van der Waals surface area contributed by atoms with Crippen LogP contribution in [0.15, 0.2) is 47.1 Å². The van der Waals surface area contributed by atoms with E-state index in [-0.39, 0.29) is 11.5 Å². The van der Waals surface area contributed by atoms with Gasteiger partial charge in [-0.25, -0.2) is 0 Å². The smallest absolute Gasteiger partial charge is 0.131 e. The first-order chi connectivity index (χ1) is 9.15. The van der Waals surface area contributed by atoms with Crippen molar-refractivity contribution in [1.82, 2.24) is 4.90 Å². The maximum absolute atomic E-state index is 10.5. The molecule has 2 aliphatic rings. The van der Waals surface area contributed by atoms with Gasteiger partial charge in [-0.15, -0.1) is 0 Å².